The maximum atomic E-state index is 6.58. The Hall–Kier alpha value is -0.300. The fraction of sp³-hybridized carbons (Fsp3) is 0.875. The van der Waals surface area contributed by atoms with Crippen molar-refractivity contribution in [3.63, 3.8) is 0 Å². The van der Waals surface area contributed by atoms with Crippen molar-refractivity contribution in [2.75, 3.05) is 0 Å². The van der Waals surface area contributed by atoms with Gasteiger partial charge in [0, 0.05) is 6.04 Å². The van der Waals surface area contributed by atoms with E-state index in [1.165, 1.54) is 57.8 Å². The highest BCUT2D eigenvalue weighted by Crippen LogP contribution is 2.45. The molecule has 0 heterocycles. The fourth-order valence-corrected chi connectivity index (χ4v) is 3.80. The molecule has 0 radical (unpaired) electrons. The molecule has 2 unspecified atom stereocenters. The zero-order valence-electron chi connectivity index (χ0n) is 11.7. The van der Waals surface area contributed by atoms with Crippen LogP contribution < -0.4 is 5.73 Å². The van der Waals surface area contributed by atoms with E-state index >= 15 is 0 Å². The Morgan fingerprint density at radius 2 is 1.94 bits per heavy atom. The lowest BCUT2D eigenvalue weighted by Crippen LogP contribution is -2.38. The molecule has 0 aromatic rings. The third-order valence-electron chi connectivity index (χ3n) is 5.03. The molecule has 1 saturated carbocycles. The van der Waals surface area contributed by atoms with E-state index in [1.807, 2.05) is 0 Å². The Bertz CT molecular complexity index is 277. The summed E-state index contributed by atoms with van der Waals surface area (Å²) in [6, 6.07) is 0.339. The van der Waals surface area contributed by atoms with Gasteiger partial charge in [-0.25, -0.2) is 0 Å². The first-order valence-electron chi connectivity index (χ1n) is 7.56. The molecule has 1 nitrogen and oxygen atoms in total. The summed E-state index contributed by atoms with van der Waals surface area (Å²) in [5.41, 5.74) is 8.62. The molecular weight excluding hydrogens is 206 g/mol. The first kappa shape index (κ1) is 13.1. The van der Waals surface area contributed by atoms with Crippen LogP contribution in [0.25, 0.3) is 0 Å². The third kappa shape index (κ3) is 3.13. The maximum absolute atomic E-state index is 6.58. The van der Waals surface area contributed by atoms with Crippen LogP contribution in [0, 0.1) is 11.3 Å². The molecule has 2 atom stereocenters. The zero-order chi connectivity index (χ0) is 12.3. The van der Waals surface area contributed by atoms with Gasteiger partial charge < -0.3 is 5.73 Å². The van der Waals surface area contributed by atoms with Crippen LogP contribution in [-0.4, -0.2) is 6.04 Å². The summed E-state index contributed by atoms with van der Waals surface area (Å²) in [5.74, 6) is 0.716. The maximum Gasteiger partial charge on any atom is 0.0287 e. The molecule has 1 fully saturated rings. The van der Waals surface area contributed by atoms with E-state index in [9.17, 15) is 0 Å². The van der Waals surface area contributed by atoms with Crippen molar-refractivity contribution >= 4 is 0 Å². The van der Waals surface area contributed by atoms with Gasteiger partial charge in [0.1, 0.15) is 0 Å². The number of nitrogens with two attached hydrogens (primary N) is 1. The van der Waals surface area contributed by atoms with Crippen molar-refractivity contribution in [2.24, 2.45) is 17.1 Å². The van der Waals surface area contributed by atoms with Gasteiger partial charge in [-0.2, -0.15) is 0 Å². The Morgan fingerprint density at radius 1 is 1.18 bits per heavy atom. The van der Waals surface area contributed by atoms with Crippen LogP contribution in [0.1, 0.15) is 71.6 Å². The minimum Gasteiger partial charge on any atom is -0.324 e. The van der Waals surface area contributed by atoms with Gasteiger partial charge in [-0.15, -0.1) is 0 Å². The highest BCUT2D eigenvalue weighted by Gasteiger charge is 2.38. The molecule has 17 heavy (non-hydrogen) atoms. The van der Waals surface area contributed by atoms with Crippen LogP contribution >= 0.6 is 0 Å². The van der Waals surface area contributed by atoms with Crippen molar-refractivity contribution in [1.82, 2.24) is 0 Å². The van der Waals surface area contributed by atoms with E-state index in [2.05, 4.69) is 19.9 Å². The zero-order valence-corrected chi connectivity index (χ0v) is 11.7. The van der Waals surface area contributed by atoms with Gasteiger partial charge in [0.2, 0.25) is 0 Å². The second kappa shape index (κ2) is 5.56. The second-order valence-electron chi connectivity index (χ2n) is 6.75. The van der Waals surface area contributed by atoms with Gasteiger partial charge in [-0.05, 0) is 49.9 Å². The predicted molar refractivity (Wildman–Crippen MR) is 74.9 cm³/mol. The van der Waals surface area contributed by atoms with E-state index in [4.69, 9.17) is 5.73 Å². The molecule has 2 aliphatic rings. The minimum atomic E-state index is 0.339. The number of hydrogen-bond donors (Lipinski definition) is 1. The Balaban J connectivity index is 2.04. The summed E-state index contributed by atoms with van der Waals surface area (Å²) in [6.07, 6.45) is 14.6. The highest BCUT2D eigenvalue weighted by atomic mass is 14.7. The van der Waals surface area contributed by atoms with Gasteiger partial charge in [0.05, 0.1) is 0 Å². The quantitative estimate of drug-likeness (QED) is 0.704. The number of rotatable bonds is 2. The summed E-state index contributed by atoms with van der Waals surface area (Å²) in [5, 5.41) is 0. The Kier molecular flexibility index (Phi) is 4.30. The van der Waals surface area contributed by atoms with Crippen LogP contribution in [0.5, 0.6) is 0 Å². The van der Waals surface area contributed by atoms with Gasteiger partial charge in [-0.3, -0.25) is 0 Å². The molecule has 2 N–H and O–H groups in total. The smallest absolute Gasteiger partial charge is 0.0287 e. The lowest BCUT2D eigenvalue weighted by atomic mass is 9.74. The first-order valence-corrected chi connectivity index (χ1v) is 7.56. The van der Waals surface area contributed by atoms with Crippen LogP contribution in [0.2, 0.25) is 0 Å². The van der Waals surface area contributed by atoms with E-state index in [1.54, 1.807) is 5.57 Å². The van der Waals surface area contributed by atoms with Crippen molar-refractivity contribution in [1.29, 1.82) is 0 Å². The van der Waals surface area contributed by atoms with Gasteiger partial charge in [0.25, 0.3) is 0 Å². The summed E-state index contributed by atoms with van der Waals surface area (Å²) in [4.78, 5) is 0. The van der Waals surface area contributed by atoms with E-state index in [0.717, 1.165) is 0 Å². The van der Waals surface area contributed by atoms with E-state index in [-0.39, 0.29) is 0 Å². The van der Waals surface area contributed by atoms with Gasteiger partial charge in [0.15, 0.2) is 0 Å². The highest BCUT2D eigenvalue weighted by molar-refractivity contribution is 5.15. The van der Waals surface area contributed by atoms with Crippen molar-refractivity contribution in [3.05, 3.63) is 11.6 Å². The third-order valence-corrected chi connectivity index (χ3v) is 5.03. The normalized spacial score (nSPS) is 31.5. The molecule has 1 heteroatoms. The fourth-order valence-electron chi connectivity index (χ4n) is 3.80. The minimum absolute atomic E-state index is 0.339. The lowest BCUT2D eigenvalue weighted by Gasteiger charge is -2.34. The van der Waals surface area contributed by atoms with Gasteiger partial charge >= 0.3 is 0 Å². The van der Waals surface area contributed by atoms with Crippen LogP contribution in [-0.2, 0) is 0 Å². The molecule has 2 aliphatic carbocycles. The molecule has 0 aromatic heterocycles. The average Bonchev–Trinajstić information content (AvgIpc) is 2.56. The SMILES string of the molecule is CC1(C)CCCC1C(N)C1=CCCCCCC1. The van der Waals surface area contributed by atoms with Crippen LogP contribution in [0.3, 0.4) is 0 Å². The molecule has 2 rings (SSSR count). The molecule has 0 amide bonds. The first-order chi connectivity index (χ1) is 8.11. The molecular formula is C16H29N. The molecule has 0 aromatic carbocycles. The standard InChI is InChI=1S/C16H29N/c1-16(2)12-8-11-14(16)15(17)13-9-6-4-3-5-7-10-13/h9,14-15H,3-8,10-12,17H2,1-2H3. The Labute approximate surface area is 107 Å². The van der Waals surface area contributed by atoms with Crippen molar-refractivity contribution in [3.8, 4) is 0 Å². The molecule has 0 aliphatic heterocycles. The molecule has 98 valence electrons. The second-order valence-corrected chi connectivity index (χ2v) is 6.75. The van der Waals surface area contributed by atoms with E-state index in [0.29, 0.717) is 17.4 Å². The molecule has 0 spiro atoms. The monoisotopic (exact) mass is 235 g/mol. The van der Waals surface area contributed by atoms with Crippen LogP contribution in [0.4, 0.5) is 0 Å². The van der Waals surface area contributed by atoms with Gasteiger partial charge in [-0.1, -0.05) is 44.8 Å². The van der Waals surface area contributed by atoms with Crippen molar-refractivity contribution < 1.29 is 0 Å². The summed E-state index contributed by atoms with van der Waals surface area (Å²) in [6.45, 7) is 4.82. The number of allylic oxidation sites excluding steroid dienone is 1. The summed E-state index contributed by atoms with van der Waals surface area (Å²) >= 11 is 0. The number of hydrogen-bond acceptors (Lipinski definition) is 1. The molecule has 0 bridgehead atoms. The largest absolute Gasteiger partial charge is 0.324 e. The topological polar surface area (TPSA) is 26.0 Å². The van der Waals surface area contributed by atoms with E-state index < -0.39 is 0 Å². The molecule has 0 saturated heterocycles. The summed E-state index contributed by atoms with van der Waals surface area (Å²) < 4.78 is 0. The Morgan fingerprint density at radius 3 is 2.65 bits per heavy atom. The van der Waals surface area contributed by atoms with Crippen molar-refractivity contribution in [2.45, 2.75) is 77.7 Å². The average molecular weight is 235 g/mol. The summed E-state index contributed by atoms with van der Waals surface area (Å²) in [7, 11) is 0. The van der Waals surface area contributed by atoms with Crippen LogP contribution in [0.15, 0.2) is 11.6 Å². The lowest BCUT2D eigenvalue weighted by molar-refractivity contribution is 0.233. The predicted octanol–water partition coefficient (Wildman–Crippen LogP) is 4.42.